The summed E-state index contributed by atoms with van der Waals surface area (Å²) in [4.78, 5) is 0.827. The molecule has 0 aliphatic heterocycles. The van der Waals surface area contributed by atoms with Crippen LogP contribution in [0.25, 0.3) is 0 Å². The molecule has 0 heterocycles. The Morgan fingerprint density at radius 2 is 2.27 bits per heavy atom. The second-order valence-corrected chi connectivity index (χ2v) is 2.77. The van der Waals surface area contributed by atoms with Crippen molar-refractivity contribution in [3.05, 3.63) is 23.8 Å². The van der Waals surface area contributed by atoms with E-state index in [1.807, 2.05) is 18.2 Å². The molecule has 0 amide bonds. The van der Waals surface area contributed by atoms with Crippen molar-refractivity contribution in [1.29, 1.82) is 0 Å². The molecular weight excluding hydrogens is 176 g/mol. The minimum atomic E-state index is 0.756. The summed E-state index contributed by atoms with van der Waals surface area (Å²) in [6.07, 6.45) is 0. The number of benzene rings is 1. The number of thiocarbonyl (C=S) groups is 1. The van der Waals surface area contributed by atoms with Crippen molar-refractivity contribution >= 4 is 30.2 Å². The molecule has 1 nitrogen and oxygen atoms in total. The number of rotatable bonds is 2. The molecule has 0 bridgehead atoms. The van der Waals surface area contributed by atoms with Gasteiger partial charge in [0.2, 0.25) is 0 Å². The third-order valence-electron chi connectivity index (χ3n) is 1.34. The molecule has 0 N–H and O–H groups in total. The Morgan fingerprint density at radius 3 is 2.82 bits per heavy atom. The van der Waals surface area contributed by atoms with Crippen molar-refractivity contribution < 1.29 is 4.74 Å². The molecule has 1 rings (SSSR count). The highest BCUT2D eigenvalue weighted by Gasteiger charge is 1.97. The molecule has 0 saturated heterocycles. The molecule has 0 aliphatic rings. The minimum Gasteiger partial charge on any atom is -0.496 e. The highest BCUT2D eigenvalue weighted by molar-refractivity contribution is 7.80. The molecule has 0 spiro atoms. The molecule has 0 aromatic heterocycles. The number of hydrogen-bond acceptors (Lipinski definition) is 3. The van der Waals surface area contributed by atoms with E-state index in [1.54, 1.807) is 12.5 Å². The highest BCUT2D eigenvalue weighted by atomic mass is 32.1. The first-order valence-electron chi connectivity index (χ1n) is 3.10. The summed E-state index contributed by atoms with van der Waals surface area (Å²) in [6, 6.07) is 5.62. The van der Waals surface area contributed by atoms with E-state index in [2.05, 4.69) is 12.6 Å². The molecule has 0 unspecified atom stereocenters. The van der Waals surface area contributed by atoms with Gasteiger partial charge in [0.1, 0.15) is 5.75 Å². The van der Waals surface area contributed by atoms with Gasteiger partial charge < -0.3 is 4.74 Å². The molecular formula is C8H8OS2. The van der Waals surface area contributed by atoms with Gasteiger partial charge in [0.05, 0.1) is 7.11 Å². The summed E-state index contributed by atoms with van der Waals surface area (Å²) in [6.45, 7) is 0. The van der Waals surface area contributed by atoms with Gasteiger partial charge in [-0.05, 0) is 17.7 Å². The van der Waals surface area contributed by atoms with E-state index in [0.717, 1.165) is 16.2 Å². The largest absolute Gasteiger partial charge is 0.496 e. The Kier molecular flexibility index (Phi) is 2.91. The third kappa shape index (κ3) is 1.94. The zero-order valence-electron chi connectivity index (χ0n) is 6.07. The van der Waals surface area contributed by atoms with Crippen LogP contribution in [0, 0.1) is 0 Å². The average molecular weight is 184 g/mol. The molecule has 1 aromatic rings. The van der Waals surface area contributed by atoms with Crippen LogP contribution in [0.15, 0.2) is 23.1 Å². The smallest absolute Gasteiger partial charge is 0.132 e. The molecule has 0 radical (unpaired) electrons. The van der Waals surface area contributed by atoms with E-state index in [1.165, 1.54) is 0 Å². The fourth-order valence-electron chi connectivity index (χ4n) is 0.768. The maximum Gasteiger partial charge on any atom is 0.132 e. The first-order chi connectivity index (χ1) is 5.27. The Labute approximate surface area is 76.8 Å². The van der Waals surface area contributed by atoms with E-state index in [0.29, 0.717) is 0 Å². The molecule has 0 aliphatic carbocycles. The molecule has 0 atom stereocenters. The lowest BCUT2D eigenvalue weighted by Gasteiger charge is -2.03. The Morgan fingerprint density at radius 1 is 1.55 bits per heavy atom. The van der Waals surface area contributed by atoms with Gasteiger partial charge in [-0.2, -0.15) is 0 Å². The monoisotopic (exact) mass is 184 g/mol. The van der Waals surface area contributed by atoms with Crippen molar-refractivity contribution in [2.45, 2.75) is 4.90 Å². The van der Waals surface area contributed by atoms with Crippen LogP contribution in [-0.2, 0) is 0 Å². The first-order valence-corrected chi connectivity index (χ1v) is 4.02. The van der Waals surface area contributed by atoms with Crippen molar-refractivity contribution in [2.24, 2.45) is 0 Å². The average Bonchev–Trinajstić information content (AvgIpc) is 2.05. The van der Waals surface area contributed by atoms with Crippen LogP contribution in [-0.4, -0.2) is 12.5 Å². The van der Waals surface area contributed by atoms with Crippen LogP contribution in [0.4, 0.5) is 0 Å². The van der Waals surface area contributed by atoms with Gasteiger partial charge in [0, 0.05) is 10.3 Å². The van der Waals surface area contributed by atoms with Crippen LogP contribution >= 0.6 is 24.8 Å². The Hall–Kier alpha value is -0.540. The van der Waals surface area contributed by atoms with Crippen molar-refractivity contribution in [2.75, 3.05) is 7.11 Å². The van der Waals surface area contributed by atoms with Crippen molar-refractivity contribution in [3.8, 4) is 5.75 Å². The second-order valence-electron chi connectivity index (χ2n) is 2.05. The van der Waals surface area contributed by atoms with E-state index < -0.39 is 0 Å². The zero-order valence-corrected chi connectivity index (χ0v) is 7.78. The summed E-state index contributed by atoms with van der Waals surface area (Å²) >= 11 is 8.95. The quantitative estimate of drug-likeness (QED) is 0.558. The van der Waals surface area contributed by atoms with E-state index >= 15 is 0 Å². The maximum atomic E-state index is 5.04. The normalized spacial score (nSPS) is 9.27. The van der Waals surface area contributed by atoms with Gasteiger partial charge in [-0.25, -0.2) is 0 Å². The topological polar surface area (TPSA) is 9.23 Å². The van der Waals surface area contributed by atoms with Crippen LogP contribution in [0.5, 0.6) is 5.75 Å². The summed E-state index contributed by atoms with van der Waals surface area (Å²) in [5, 5.41) is 1.61. The standard InChI is InChI=1S/C8H8OS2/c1-9-7-4-6(5-10)2-3-8(7)11/h2-5,11H,1H3. The maximum absolute atomic E-state index is 5.04. The van der Waals surface area contributed by atoms with Crippen molar-refractivity contribution in [3.63, 3.8) is 0 Å². The molecule has 0 fully saturated rings. The fourth-order valence-corrected chi connectivity index (χ4v) is 1.14. The molecule has 1 aromatic carbocycles. The van der Waals surface area contributed by atoms with E-state index in [4.69, 9.17) is 17.0 Å². The lowest BCUT2D eigenvalue weighted by atomic mass is 10.2. The Balaban J connectivity index is 3.12. The predicted molar refractivity (Wildman–Crippen MR) is 53.0 cm³/mol. The second kappa shape index (κ2) is 3.74. The number of thiol groups is 1. The van der Waals surface area contributed by atoms with Gasteiger partial charge in [0.25, 0.3) is 0 Å². The lowest BCUT2D eigenvalue weighted by molar-refractivity contribution is 0.405. The summed E-state index contributed by atoms with van der Waals surface area (Å²) in [5.74, 6) is 0.756. The number of hydrogen-bond donors (Lipinski definition) is 1. The molecule has 11 heavy (non-hydrogen) atoms. The molecule has 58 valence electrons. The summed E-state index contributed by atoms with van der Waals surface area (Å²) in [5.41, 5.74) is 0.967. The van der Waals surface area contributed by atoms with Gasteiger partial charge in [0.15, 0.2) is 0 Å². The predicted octanol–water partition coefficient (Wildman–Crippen LogP) is 2.33. The van der Waals surface area contributed by atoms with Gasteiger partial charge in [-0.1, -0.05) is 18.3 Å². The molecule has 3 heteroatoms. The minimum absolute atomic E-state index is 0.756. The molecule has 0 saturated carbocycles. The summed E-state index contributed by atoms with van der Waals surface area (Å²) in [7, 11) is 1.61. The summed E-state index contributed by atoms with van der Waals surface area (Å²) < 4.78 is 5.04. The first kappa shape index (κ1) is 8.56. The lowest BCUT2D eigenvalue weighted by Crippen LogP contribution is -1.86. The number of ether oxygens (including phenoxy) is 1. The van der Waals surface area contributed by atoms with Gasteiger partial charge in [-0.15, -0.1) is 12.6 Å². The van der Waals surface area contributed by atoms with Crippen LogP contribution in [0.3, 0.4) is 0 Å². The SMILES string of the molecule is COc1cc(C=S)ccc1S. The van der Waals surface area contributed by atoms with Crippen LogP contribution < -0.4 is 4.74 Å². The van der Waals surface area contributed by atoms with Crippen LogP contribution in [0.2, 0.25) is 0 Å². The van der Waals surface area contributed by atoms with E-state index in [9.17, 15) is 0 Å². The van der Waals surface area contributed by atoms with Crippen LogP contribution in [0.1, 0.15) is 5.56 Å². The third-order valence-corrected chi connectivity index (χ3v) is 1.98. The van der Waals surface area contributed by atoms with Crippen molar-refractivity contribution in [1.82, 2.24) is 0 Å². The highest BCUT2D eigenvalue weighted by Crippen LogP contribution is 2.22. The van der Waals surface area contributed by atoms with Gasteiger partial charge in [-0.3, -0.25) is 0 Å². The van der Waals surface area contributed by atoms with Gasteiger partial charge >= 0.3 is 0 Å². The fraction of sp³-hybridized carbons (Fsp3) is 0.125. The van der Waals surface area contributed by atoms with E-state index in [-0.39, 0.29) is 0 Å². The number of methoxy groups -OCH3 is 1. The zero-order chi connectivity index (χ0) is 8.27. The Bertz CT molecular complexity index is 271.